The van der Waals surface area contributed by atoms with Crippen LogP contribution in [0.5, 0.6) is 0 Å². The molecule has 0 radical (unpaired) electrons. The van der Waals surface area contributed by atoms with Crippen molar-refractivity contribution in [2.24, 2.45) is 0 Å². The van der Waals surface area contributed by atoms with Gasteiger partial charge in [-0.1, -0.05) is 35.9 Å². The van der Waals surface area contributed by atoms with Crippen LogP contribution in [-0.2, 0) is 16.1 Å². The Hall–Kier alpha value is -2.81. The predicted octanol–water partition coefficient (Wildman–Crippen LogP) is 3.40. The highest BCUT2D eigenvalue weighted by Crippen LogP contribution is 2.18. The first-order valence-corrected chi connectivity index (χ1v) is 9.11. The Morgan fingerprint density at radius 1 is 1.15 bits per heavy atom. The highest BCUT2D eigenvalue weighted by molar-refractivity contribution is 6.30. The van der Waals surface area contributed by atoms with Crippen molar-refractivity contribution < 1.29 is 9.53 Å². The number of halogens is 1. The van der Waals surface area contributed by atoms with E-state index in [1.54, 1.807) is 18.2 Å². The molecule has 0 bridgehead atoms. The summed E-state index contributed by atoms with van der Waals surface area (Å²) in [6.07, 6.45) is 1.60. The Balaban J connectivity index is 1.63. The first-order valence-electron chi connectivity index (χ1n) is 8.73. The number of rotatable bonds is 5. The number of nitriles is 1. The second kappa shape index (κ2) is 9.22. The molecule has 0 saturated carbocycles. The molecule has 0 spiro atoms. The molecule has 1 aliphatic rings. The maximum Gasteiger partial charge on any atom is 0.262 e. The van der Waals surface area contributed by atoms with Gasteiger partial charge in [-0.25, -0.2) is 0 Å². The van der Waals surface area contributed by atoms with Gasteiger partial charge in [0.1, 0.15) is 11.6 Å². The number of nitrogens with one attached hydrogen (secondary N) is 1. The van der Waals surface area contributed by atoms with Crippen molar-refractivity contribution in [3.8, 4) is 6.07 Å². The summed E-state index contributed by atoms with van der Waals surface area (Å²) in [7, 11) is 0. The third-order valence-electron chi connectivity index (χ3n) is 4.31. The van der Waals surface area contributed by atoms with Crippen molar-refractivity contribution >= 4 is 29.3 Å². The quantitative estimate of drug-likeness (QED) is 0.636. The molecule has 1 N–H and O–H groups in total. The normalized spacial score (nSPS) is 14.5. The SMILES string of the molecule is N#C/C(=C\c1ccc(N2CCOCC2)cc1)C(=O)NCc1ccc(Cl)cc1. The third-order valence-corrected chi connectivity index (χ3v) is 4.56. The predicted molar refractivity (Wildman–Crippen MR) is 106 cm³/mol. The molecule has 0 aromatic heterocycles. The molecule has 3 rings (SSSR count). The maximum absolute atomic E-state index is 12.3. The zero-order valence-electron chi connectivity index (χ0n) is 14.8. The van der Waals surface area contributed by atoms with E-state index < -0.39 is 5.91 Å². The van der Waals surface area contributed by atoms with Gasteiger partial charge in [0.2, 0.25) is 0 Å². The number of nitrogens with zero attached hydrogens (tertiary/aromatic N) is 2. The van der Waals surface area contributed by atoms with Crippen molar-refractivity contribution in [1.82, 2.24) is 5.32 Å². The Kier molecular flexibility index (Phi) is 6.48. The fourth-order valence-corrected chi connectivity index (χ4v) is 2.92. The van der Waals surface area contributed by atoms with Crippen molar-refractivity contribution in [1.29, 1.82) is 5.26 Å². The van der Waals surface area contributed by atoms with Crippen molar-refractivity contribution in [3.63, 3.8) is 0 Å². The van der Waals surface area contributed by atoms with E-state index >= 15 is 0 Å². The highest BCUT2D eigenvalue weighted by atomic mass is 35.5. The minimum Gasteiger partial charge on any atom is -0.378 e. The molecule has 5 nitrogen and oxygen atoms in total. The van der Waals surface area contributed by atoms with E-state index in [-0.39, 0.29) is 5.57 Å². The van der Waals surface area contributed by atoms with Gasteiger partial charge in [0, 0.05) is 30.3 Å². The van der Waals surface area contributed by atoms with Crippen LogP contribution in [-0.4, -0.2) is 32.2 Å². The molecule has 2 aromatic carbocycles. The average molecular weight is 382 g/mol. The molecule has 138 valence electrons. The molecule has 0 unspecified atom stereocenters. The topological polar surface area (TPSA) is 65.4 Å². The summed E-state index contributed by atoms with van der Waals surface area (Å²) in [5.74, 6) is -0.398. The van der Waals surface area contributed by atoms with Crippen LogP contribution >= 0.6 is 11.6 Å². The lowest BCUT2D eigenvalue weighted by Gasteiger charge is -2.28. The van der Waals surface area contributed by atoms with Crippen molar-refractivity contribution in [3.05, 3.63) is 70.3 Å². The average Bonchev–Trinajstić information content (AvgIpc) is 2.72. The zero-order valence-corrected chi connectivity index (χ0v) is 15.6. The molecule has 2 aromatic rings. The second-order valence-corrected chi connectivity index (χ2v) is 6.61. The number of hydrogen-bond acceptors (Lipinski definition) is 4. The summed E-state index contributed by atoms with van der Waals surface area (Å²) in [4.78, 5) is 14.5. The standard InChI is InChI=1S/C21H20ClN3O2/c22-19-5-1-17(2-6-19)15-24-21(26)18(14-23)13-16-3-7-20(8-4-16)25-9-11-27-12-10-25/h1-8,13H,9-12,15H2,(H,24,26)/b18-13+. The van der Waals surface area contributed by atoms with Gasteiger partial charge in [-0.05, 0) is 41.5 Å². The molecule has 6 heteroatoms. The lowest BCUT2D eigenvalue weighted by molar-refractivity contribution is -0.117. The smallest absolute Gasteiger partial charge is 0.262 e. The van der Waals surface area contributed by atoms with E-state index in [0.29, 0.717) is 11.6 Å². The van der Waals surface area contributed by atoms with E-state index in [2.05, 4.69) is 10.2 Å². The summed E-state index contributed by atoms with van der Waals surface area (Å²) < 4.78 is 5.36. The number of carbonyl (C=O) groups is 1. The maximum atomic E-state index is 12.3. The summed E-state index contributed by atoms with van der Waals surface area (Å²) in [6.45, 7) is 3.53. The summed E-state index contributed by atoms with van der Waals surface area (Å²) in [5, 5.41) is 12.7. The van der Waals surface area contributed by atoms with Gasteiger partial charge >= 0.3 is 0 Å². The molecular weight excluding hydrogens is 362 g/mol. The monoisotopic (exact) mass is 381 g/mol. The minimum absolute atomic E-state index is 0.0723. The van der Waals surface area contributed by atoms with Crippen LogP contribution in [0, 0.1) is 11.3 Å². The number of hydrogen-bond donors (Lipinski definition) is 1. The van der Waals surface area contributed by atoms with Gasteiger partial charge < -0.3 is 15.0 Å². The number of amides is 1. The van der Waals surface area contributed by atoms with Crippen LogP contribution in [0.1, 0.15) is 11.1 Å². The zero-order chi connectivity index (χ0) is 19.1. The molecule has 27 heavy (non-hydrogen) atoms. The number of morpholine rings is 1. The Labute approximate surface area is 163 Å². The van der Waals surface area contributed by atoms with E-state index in [9.17, 15) is 10.1 Å². The van der Waals surface area contributed by atoms with Crippen molar-refractivity contribution in [2.45, 2.75) is 6.54 Å². The van der Waals surface area contributed by atoms with E-state index in [1.165, 1.54) is 0 Å². The van der Waals surface area contributed by atoms with Gasteiger partial charge in [0.05, 0.1) is 13.2 Å². The fourth-order valence-electron chi connectivity index (χ4n) is 2.80. The van der Waals surface area contributed by atoms with E-state index in [0.717, 1.165) is 43.1 Å². The molecule has 1 aliphatic heterocycles. The van der Waals surface area contributed by atoms with Gasteiger partial charge in [-0.15, -0.1) is 0 Å². The molecule has 1 saturated heterocycles. The lowest BCUT2D eigenvalue weighted by Crippen LogP contribution is -2.36. The first-order chi connectivity index (χ1) is 13.2. The molecule has 1 heterocycles. The largest absolute Gasteiger partial charge is 0.378 e. The minimum atomic E-state index is -0.398. The first kappa shape index (κ1) is 19.0. The van der Waals surface area contributed by atoms with Gasteiger partial charge in [-0.2, -0.15) is 5.26 Å². The van der Waals surface area contributed by atoms with Crippen LogP contribution < -0.4 is 10.2 Å². The Morgan fingerprint density at radius 2 is 1.81 bits per heavy atom. The van der Waals surface area contributed by atoms with Gasteiger partial charge in [0.25, 0.3) is 5.91 Å². The van der Waals surface area contributed by atoms with Crippen LogP contribution in [0.2, 0.25) is 5.02 Å². The van der Waals surface area contributed by atoms with Crippen LogP contribution in [0.4, 0.5) is 5.69 Å². The molecule has 1 amide bonds. The summed E-state index contributed by atoms with van der Waals surface area (Å²) >= 11 is 5.85. The number of carbonyl (C=O) groups excluding carboxylic acids is 1. The lowest BCUT2D eigenvalue weighted by atomic mass is 10.1. The van der Waals surface area contributed by atoms with E-state index in [4.69, 9.17) is 16.3 Å². The fraction of sp³-hybridized carbons (Fsp3) is 0.238. The van der Waals surface area contributed by atoms with Crippen molar-refractivity contribution in [2.75, 3.05) is 31.2 Å². The van der Waals surface area contributed by atoms with Crippen LogP contribution in [0.15, 0.2) is 54.1 Å². The van der Waals surface area contributed by atoms with Crippen LogP contribution in [0.25, 0.3) is 6.08 Å². The van der Waals surface area contributed by atoms with Crippen LogP contribution in [0.3, 0.4) is 0 Å². The Morgan fingerprint density at radius 3 is 2.44 bits per heavy atom. The summed E-state index contributed by atoms with van der Waals surface area (Å²) in [5.41, 5.74) is 2.91. The molecule has 1 fully saturated rings. The third kappa shape index (κ3) is 5.33. The number of ether oxygens (including phenoxy) is 1. The highest BCUT2D eigenvalue weighted by Gasteiger charge is 2.12. The molecule has 0 aliphatic carbocycles. The molecular formula is C21H20ClN3O2. The van der Waals surface area contributed by atoms with Gasteiger partial charge in [-0.3, -0.25) is 4.79 Å². The second-order valence-electron chi connectivity index (χ2n) is 6.17. The summed E-state index contributed by atoms with van der Waals surface area (Å²) in [6, 6.07) is 17.0. The number of benzene rings is 2. The Bertz CT molecular complexity index is 848. The number of anilines is 1. The molecule has 0 atom stereocenters. The van der Waals surface area contributed by atoms with E-state index in [1.807, 2.05) is 42.5 Å². The van der Waals surface area contributed by atoms with Gasteiger partial charge in [0.15, 0.2) is 0 Å².